The van der Waals surface area contributed by atoms with Crippen molar-refractivity contribution in [1.82, 2.24) is 20.1 Å². The number of nitrogens with zero attached hydrogens (tertiary/aromatic N) is 3. The summed E-state index contributed by atoms with van der Waals surface area (Å²) in [5.74, 6) is -4.31. The molecule has 3 aromatic rings. The number of hydrogen-bond acceptors (Lipinski definition) is 5. The molecule has 1 saturated carbocycles. The minimum absolute atomic E-state index is 0.0289. The van der Waals surface area contributed by atoms with Crippen LogP contribution in [0, 0.1) is 11.7 Å². The van der Waals surface area contributed by atoms with E-state index in [0.29, 0.717) is 29.8 Å². The molecule has 5 rings (SSSR count). The van der Waals surface area contributed by atoms with Gasteiger partial charge in [-0.15, -0.1) is 0 Å². The minimum atomic E-state index is -3.00. The molecule has 202 valence electrons. The number of alkyl halides is 4. The Morgan fingerprint density at radius 3 is 2.71 bits per heavy atom. The number of aliphatic hydroxyl groups is 1. The number of carbonyl (C=O) groups excluding carboxylic acids is 1. The number of aliphatic hydroxyl groups excluding tert-OH is 1. The molecule has 1 amide bonds. The van der Waals surface area contributed by atoms with E-state index in [2.05, 4.69) is 20.1 Å². The molecule has 2 aromatic heterocycles. The monoisotopic (exact) mass is 536 g/mol. The number of ether oxygens (including phenoxy) is 1. The molecule has 0 aliphatic heterocycles. The molecule has 0 spiro atoms. The first-order chi connectivity index (χ1) is 18.1. The van der Waals surface area contributed by atoms with E-state index in [9.17, 15) is 31.9 Å². The van der Waals surface area contributed by atoms with Gasteiger partial charge in [0.15, 0.2) is 5.82 Å². The lowest BCUT2D eigenvalue weighted by molar-refractivity contribution is -0.128. The predicted octanol–water partition coefficient (Wildman–Crippen LogP) is 4.45. The van der Waals surface area contributed by atoms with E-state index in [1.54, 1.807) is 12.1 Å². The van der Waals surface area contributed by atoms with Crippen molar-refractivity contribution in [3.8, 4) is 22.8 Å². The molecule has 2 heterocycles. The predicted molar refractivity (Wildman–Crippen MR) is 126 cm³/mol. The normalized spacial score (nSPS) is 22.3. The van der Waals surface area contributed by atoms with Crippen LogP contribution in [0.15, 0.2) is 42.6 Å². The lowest BCUT2D eigenvalue weighted by Crippen LogP contribution is -2.52. The SMILES string of the molecule is O=C(N[C@@]1(CO)CCC(F)(F)C1)[C@@H]1CCc2c(-c3cccc(OC(F)F)c3)nn(-c3ccc(F)cn3)c2C1. The number of aromatic nitrogens is 3. The second-order valence-corrected chi connectivity index (χ2v) is 9.83. The molecule has 1 fully saturated rings. The van der Waals surface area contributed by atoms with Gasteiger partial charge in [-0.2, -0.15) is 13.9 Å². The molecule has 2 aliphatic rings. The van der Waals surface area contributed by atoms with Crippen LogP contribution < -0.4 is 10.1 Å². The maximum absolute atomic E-state index is 13.9. The van der Waals surface area contributed by atoms with Gasteiger partial charge in [0, 0.05) is 36.3 Å². The molecule has 0 saturated heterocycles. The standard InChI is InChI=1S/C26H25F5N4O3/c27-17-5-7-21(32-12-17)35-20-11-16(23(37)33-25(14-36)8-9-26(30,31)13-25)4-6-19(20)22(34-35)15-2-1-3-18(10-15)38-24(28)29/h1-3,5,7,10,12,16,24,36H,4,6,8-9,11,13-14H2,(H,33,37)/t16-,25+/m1/s1. The zero-order chi connectivity index (χ0) is 27.1. The van der Waals surface area contributed by atoms with Crippen molar-refractivity contribution in [1.29, 1.82) is 0 Å². The van der Waals surface area contributed by atoms with Gasteiger partial charge < -0.3 is 15.2 Å². The number of carbonyl (C=O) groups is 1. The number of benzene rings is 1. The van der Waals surface area contributed by atoms with Gasteiger partial charge in [-0.3, -0.25) is 4.79 Å². The number of halogens is 5. The van der Waals surface area contributed by atoms with Gasteiger partial charge in [-0.1, -0.05) is 12.1 Å². The molecule has 2 atom stereocenters. The topological polar surface area (TPSA) is 89.3 Å². The molecule has 0 radical (unpaired) electrons. The van der Waals surface area contributed by atoms with Gasteiger partial charge in [0.25, 0.3) is 5.92 Å². The molecule has 2 aliphatic carbocycles. The van der Waals surface area contributed by atoms with Crippen molar-refractivity contribution in [2.45, 2.75) is 56.6 Å². The van der Waals surface area contributed by atoms with Crippen molar-refractivity contribution in [2.24, 2.45) is 5.92 Å². The molecule has 7 nitrogen and oxygen atoms in total. The summed E-state index contributed by atoms with van der Waals surface area (Å²) in [6.07, 6.45) is 0.892. The third kappa shape index (κ3) is 5.22. The number of nitrogens with one attached hydrogen (secondary N) is 1. The summed E-state index contributed by atoms with van der Waals surface area (Å²) in [5, 5.41) is 17.1. The molecular formula is C26H25F5N4O3. The van der Waals surface area contributed by atoms with E-state index in [1.807, 2.05) is 0 Å². The van der Waals surface area contributed by atoms with E-state index in [-0.39, 0.29) is 24.4 Å². The van der Waals surface area contributed by atoms with Crippen LogP contribution in [0.2, 0.25) is 0 Å². The van der Waals surface area contributed by atoms with Crippen LogP contribution in [0.1, 0.15) is 36.9 Å². The number of hydrogen-bond donors (Lipinski definition) is 2. The van der Waals surface area contributed by atoms with Gasteiger partial charge in [0.1, 0.15) is 11.6 Å². The van der Waals surface area contributed by atoms with Crippen LogP contribution in [-0.2, 0) is 17.6 Å². The minimum Gasteiger partial charge on any atom is -0.435 e. The summed E-state index contributed by atoms with van der Waals surface area (Å²) < 4.78 is 72.9. The zero-order valence-electron chi connectivity index (χ0n) is 20.1. The first kappa shape index (κ1) is 26.1. The van der Waals surface area contributed by atoms with E-state index in [0.717, 1.165) is 11.8 Å². The van der Waals surface area contributed by atoms with Gasteiger partial charge in [0.2, 0.25) is 5.91 Å². The summed E-state index contributed by atoms with van der Waals surface area (Å²) in [6.45, 7) is -3.59. The Morgan fingerprint density at radius 2 is 2.05 bits per heavy atom. The number of pyridine rings is 1. The Morgan fingerprint density at radius 1 is 1.24 bits per heavy atom. The summed E-state index contributed by atoms with van der Waals surface area (Å²) in [4.78, 5) is 17.3. The van der Waals surface area contributed by atoms with Gasteiger partial charge in [0.05, 0.1) is 29.7 Å². The number of rotatable bonds is 7. The third-order valence-corrected chi connectivity index (χ3v) is 7.16. The highest BCUT2D eigenvalue weighted by atomic mass is 19.3. The lowest BCUT2D eigenvalue weighted by atomic mass is 9.84. The highest BCUT2D eigenvalue weighted by molar-refractivity contribution is 5.80. The average molecular weight is 537 g/mol. The zero-order valence-corrected chi connectivity index (χ0v) is 20.1. The molecule has 0 bridgehead atoms. The Kier molecular flexibility index (Phi) is 6.84. The van der Waals surface area contributed by atoms with Crippen molar-refractivity contribution in [3.63, 3.8) is 0 Å². The van der Waals surface area contributed by atoms with Crippen LogP contribution >= 0.6 is 0 Å². The van der Waals surface area contributed by atoms with Crippen molar-refractivity contribution in [2.75, 3.05) is 6.61 Å². The Balaban J connectivity index is 1.48. The van der Waals surface area contributed by atoms with Crippen LogP contribution in [0.25, 0.3) is 17.1 Å². The quantitative estimate of drug-likeness (QED) is 0.436. The van der Waals surface area contributed by atoms with Crippen LogP contribution in [0.5, 0.6) is 5.75 Å². The fourth-order valence-corrected chi connectivity index (χ4v) is 5.31. The molecule has 38 heavy (non-hydrogen) atoms. The maximum Gasteiger partial charge on any atom is 0.387 e. The van der Waals surface area contributed by atoms with Gasteiger partial charge in [-0.05, 0) is 43.5 Å². The van der Waals surface area contributed by atoms with E-state index >= 15 is 0 Å². The second-order valence-electron chi connectivity index (χ2n) is 9.83. The fourth-order valence-electron chi connectivity index (χ4n) is 5.31. The Hall–Kier alpha value is -3.54. The Labute approximate surface area is 214 Å². The summed E-state index contributed by atoms with van der Waals surface area (Å²) in [5.41, 5.74) is 0.984. The molecule has 12 heteroatoms. The first-order valence-corrected chi connectivity index (χ1v) is 12.2. The van der Waals surface area contributed by atoms with Gasteiger partial charge >= 0.3 is 6.61 Å². The first-order valence-electron chi connectivity index (χ1n) is 12.2. The molecule has 2 N–H and O–H groups in total. The van der Waals surface area contributed by atoms with Crippen LogP contribution in [-0.4, -0.2) is 50.5 Å². The van der Waals surface area contributed by atoms with Crippen molar-refractivity contribution >= 4 is 5.91 Å². The van der Waals surface area contributed by atoms with E-state index in [1.165, 1.54) is 28.9 Å². The summed E-state index contributed by atoms with van der Waals surface area (Å²) in [6, 6.07) is 8.71. The van der Waals surface area contributed by atoms with Crippen molar-refractivity contribution < 1.29 is 36.6 Å². The Bertz CT molecular complexity index is 1330. The van der Waals surface area contributed by atoms with Crippen molar-refractivity contribution in [3.05, 3.63) is 59.7 Å². The molecule has 1 aromatic carbocycles. The third-order valence-electron chi connectivity index (χ3n) is 7.16. The van der Waals surface area contributed by atoms with Gasteiger partial charge in [-0.25, -0.2) is 22.8 Å². The summed E-state index contributed by atoms with van der Waals surface area (Å²) in [7, 11) is 0. The average Bonchev–Trinajstić information content (AvgIpc) is 3.41. The molecule has 0 unspecified atom stereocenters. The fraction of sp³-hybridized carbons (Fsp3) is 0.423. The van der Waals surface area contributed by atoms with Crippen LogP contribution in [0.4, 0.5) is 22.0 Å². The van der Waals surface area contributed by atoms with E-state index < -0.39 is 55.2 Å². The van der Waals surface area contributed by atoms with E-state index in [4.69, 9.17) is 0 Å². The highest BCUT2D eigenvalue weighted by Crippen LogP contribution is 2.42. The highest BCUT2D eigenvalue weighted by Gasteiger charge is 2.50. The van der Waals surface area contributed by atoms with Crippen LogP contribution in [0.3, 0.4) is 0 Å². The number of amides is 1. The lowest BCUT2D eigenvalue weighted by Gasteiger charge is -2.31. The second kappa shape index (κ2) is 9.97. The summed E-state index contributed by atoms with van der Waals surface area (Å²) >= 11 is 0. The smallest absolute Gasteiger partial charge is 0.387 e. The molecular weight excluding hydrogens is 511 g/mol. The number of fused-ring (bicyclic) bond motifs is 1. The maximum atomic E-state index is 13.9. The largest absolute Gasteiger partial charge is 0.435 e.